The first-order valence-electron chi connectivity index (χ1n) is 27.6. The van der Waals surface area contributed by atoms with Crippen LogP contribution in [0, 0.1) is 51.1 Å². The summed E-state index contributed by atoms with van der Waals surface area (Å²) in [7, 11) is 11.7. The minimum atomic E-state index is -0.519. The van der Waals surface area contributed by atoms with E-state index in [0.29, 0.717) is 36.0 Å². The van der Waals surface area contributed by atoms with E-state index in [-0.39, 0.29) is 47.6 Å². The van der Waals surface area contributed by atoms with Crippen LogP contribution in [0.2, 0.25) is 0 Å². The number of nitrogens with one attached hydrogen (secondary N) is 3. The van der Waals surface area contributed by atoms with Crippen LogP contribution in [0.25, 0.3) is 0 Å². The average molecular weight is 1010 g/mol. The zero-order chi connectivity index (χ0) is 56.0. The van der Waals surface area contributed by atoms with Crippen molar-refractivity contribution >= 4 is 6.79 Å². The first-order valence-corrected chi connectivity index (χ1v) is 27.6. The number of rotatable bonds is 36. The van der Waals surface area contributed by atoms with Gasteiger partial charge < -0.3 is 65.0 Å². The normalized spacial score (nSPS) is 17.1. The molecular formula is C55H127N9O6. The zero-order valence-electron chi connectivity index (χ0n) is 51.1. The molecule has 0 rings (SSSR count). The lowest BCUT2D eigenvalue weighted by molar-refractivity contribution is -0.952. The molecule has 0 saturated heterocycles. The number of likely N-dealkylation sites (N-methyl/N-ethyl adjacent to an activating group) is 6. The molecule has 70 heavy (non-hydrogen) atoms. The van der Waals surface area contributed by atoms with Crippen molar-refractivity contribution < 1.29 is 29.2 Å². The lowest BCUT2D eigenvalue weighted by Crippen LogP contribution is -2.56. The average Bonchev–Trinajstić information content (AvgIpc) is 3.23. The first-order chi connectivity index (χ1) is 32.1. The molecule has 5 N–H and O–H groups in total. The van der Waals surface area contributed by atoms with Crippen molar-refractivity contribution in [1.29, 1.82) is 0 Å². The molecule has 0 bridgehead atoms. The molecule has 0 amide bonds. The smallest absolute Gasteiger partial charge is 0.128 e. The zero-order valence-corrected chi connectivity index (χ0v) is 51.1. The van der Waals surface area contributed by atoms with Gasteiger partial charge in [-0.3, -0.25) is 10.5 Å². The Labute approximate surface area is 436 Å². The van der Waals surface area contributed by atoms with Gasteiger partial charge in [0.25, 0.3) is 0 Å². The van der Waals surface area contributed by atoms with E-state index in [9.17, 15) is 15.6 Å². The van der Waals surface area contributed by atoms with E-state index >= 15 is 0 Å². The second-order valence-electron chi connectivity index (χ2n) is 24.4. The number of quaternary nitrogens is 3. The van der Waals surface area contributed by atoms with Crippen molar-refractivity contribution in [3.8, 4) is 0 Å². The first kappa shape index (κ1) is 78.0. The molecule has 0 aliphatic heterocycles. The molecular weight excluding hydrogens is 883 g/mol. The third-order valence-electron chi connectivity index (χ3n) is 13.6. The van der Waals surface area contributed by atoms with E-state index < -0.39 is 4.65 Å². The molecule has 15 heteroatoms. The Bertz CT molecular complexity index is 1050. The predicted octanol–water partition coefficient (Wildman–Crippen LogP) is 9.80. The highest BCUT2D eigenvalue weighted by Gasteiger charge is 2.27. The summed E-state index contributed by atoms with van der Waals surface area (Å²) in [6.07, 6.45) is 6.80. The number of carbonyl (C=O) groups is 1. The number of hydrogen-bond acceptors (Lipinski definition) is 12. The third-order valence-corrected chi connectivity index (χ3v) is 13.6. The van der Waals surface area contributed by atoms with Gasteiger partial charge in [-0.1, -0.05) is 83.1 Å². The van der Waals surface area contributed by atoms with Crippen LogP contribution in [0.5, 0.6) is 0 Å². The van der Waals surface area contributed by atoms with E-state index in [1.54, 1.807) is 21.1 Å². The lowest BCUT2D eigenvalue weighted by atomic mass is 10.0. The quantitative estimate of drug-likeness (QED) is 0.0174. The fourth-order valence-electron chi connectivity index (χ4n) is 8.64. The van der Waals surface area contributed by atoms with Crippen LogP contribution in [0.4, 0.5) is 0 Å². The van der Waals surface area contributed by atoms with Crippen molar-refractivity contribution in [2.45, 2.75) is 199 Å². The summed E-state index contributed by atoms with van der Waals surface area (Å²) in [6.45, 7) is 51.9. The highest BCUT2D eigenvalue weighted by atomic mass is 17.0. The second-order valence-corrected chi connectivity index (χ2v) is 24.4. The van der Waals surface area contributed by atoms with Gasteiger partial charge >= 0.3 is 0 Å². The Hall–Kier alpha value is -0.890. The molecule has 8 unspecified atom stereocenters. The Kier molecular flexibility index (Phi) is 49.5. The van der Waals surface area contributed by atoms with E-state index in [0.717, 1.165) is 88.9 Å². The van der Waals surface area contributed by atoms with Crippen LogP contribution in [0.15, 0.2) is 0 Å². The summed E-state index contributed by atoms with van der Waals surface area (Å²) in [5, 5.41) is 60.8. The molecule has 0 aliphatic rings. The van der Waals surface area contributed by atoms with Gasteiger partial charge in [0, 0.05) is 89.4 Å². The summed E-state index contributed by atoms with van der Waals surface area (Å²) in [5.74, 6) is 4.06. The van der Waals surface area contributed by atoms with Gasteiger partial charge in [-0.2, -0.15) is 0 Å². The molecule has 0 radical (unpaired) electrons. The molecule has 0 saturated carbocycles. The predicted molar refractivity (Wildman–Crippen MR) is 306 cm³/mol. The Morgan fingerprint density at radius 1 is 0.429 bits per heavy atom. The SMILES string of the molecule is C=O.CC(C)CC(C)N(C)CCN(C)CCN(C)C(C)CC(C)C.CC(C)CC(C)NCCNCCNC(C)CC(C)C.CC(C)CC(C)[N+](C)([O-])CC[N+](C)([O-])CC[N+](C)([O-])C(C)CC(C)C.OO. The Balaban J connectivity index is -0.000000293. The molecule has 0 fully saturated rings. The highest BCUT2D eigenvalue weighted by Crippen LogP contribution is 2.20. The third kappa shape index (κ3) is 49.3. The molecule has 8 atom stereocenters. The van der Waals surface area contributed by atoms with Crippen LogP contribution >= 0.6 is 0 Å². The van der Waals surface area contributed by atoms with Gasteiger partial charge in [0.05, 0.1) is 33.2 Å². The van der Waals surface area contributed by atoms with Crippen LogP contribution in [0.3, 0.4) is 0 Å². The maximum Gasteiger partial charge on any atom is 0.128 e. The van der Waals surface area contributed by atoms with Gasteiger partial charge in [0.15, 0.2) is 0 Å². The van der Waals surface area contributed by atoms with Gasteiger partial charge in [-0.15, -0.1) is 0 Å². The summed E-state index contributed by atoms with van der Waals surface area (Å²) in [5.41, 5.74) is 0. The Morgan fingerprint density at radius 2 is 0.700 bits per heavy atom. The van der Waals surface area contributed by atoms with Crippen molar-refractivity contribution in [3.63, 3.8) is 0 Å². The molecule has 0 heterocycles. The van der Waals surface area contributed by atoms with E-state index in [4.69, 9.17) is 15.3 Å². The van der Waals surface area contributed by atoms with Gasteiger partial charge in [0.1, 0.15) is 33.0 Å². The van der Waals surface area contributed by atoms with Crippen molar-refractivity contribution in [1.82, 2.24) is 30.7 Å². The van der Waals surface area contributed by atoms with Crippen LogP contribution < -0.4 is 16.0 Å². The number of carbonyl (C=O) groups excluding carboxylic acids is 1. The molecule has 15 nitrogen and oxygen atoms in total. The number of nitrogens with zero attached hydrogens (tertiary/aromatic N) is 6. The lowest BCUT2D eigenvalue weighted by Gasteiger charge is -2.50. The Morgan fingerprint density at radius 3 is 0.957 bits per heavy atom. The van der Waals surface area contributed by atoms with Crippen LogP contribution in [-0.2, 0) is 4.79 Å². The monoisotopic (exact) mass is 1010 g/mol. The van der Waals surface area contributed by atoms with Gasteiger partial charge in [-0.25, -0.2) is 0 Å². The molecule has 428 valence electrons. The maximum atomic E-state index is 12.7. The minimum absolute atomic E-state index is 0.0216. The number of hydroxylamine groups is 9. The summed E-state index contributed by atoms with van der Waals surface area (Å²) >= 11 is 0. The van der Waals surface area contributed by atoms with Crippen molar-refractivity contribution in [2.24, 2.45) is 35.5 Å². The fraction of sp³-hybridized carbons (Fsp3) is 0.982. The topological polar surface area (TPSA) is 173 Å². The fourth-order valence-corrected chi connectivity index (χ4v) is 8.64. The van der Waals surface area contributed by atoms with E-state index in [2.05, 4.69) is 163 Å². The standard InChI is InChI=1S/C19H43N3O3.C19H43N3.C16H37N3.CH2O.H2O2/c1-16(2)14-18(5)21(8,24)12-10-20(7,23)11-13-22(9,25)19(6)15-17(3)4;1-16(2)14-18(5)21(8)12-10-20(7)11-13-22(9)19(6)15-17(3)4;1-13(2)11-15(5)18-9-7-17-8-10-19-16(6)12-14(3)4;2*1-2/h16-19H,10-15H2,1-9H3;16-19H,10-15H2,1-9H3;13-19H,7-12H2,1-6H3;1H2;1-2H. The van der Waals surface area contributed by atoms with Crippen LogP contribution in [-0.4, -0.2) is 203 Å². The highest BCUT2D eigenvalue weighted by molar-refractivity contribution is 5.11. The van der Waals surface area contributed by atoms with Crippen molar-refractivity contribution in [3.05, 3.63) is 15.6 Å². The molecule has 0 aliphatic carbocycles. The number of hydrogen-bond donors (Lipinski definition) is 5. The van der Waals surface area contributed by atoms with Crippen LogP contribution in [0.1, 0.15) is 163 Å². The molecule has 0 spiro atoms. The van der Waals surface area contributed by atoms with E-state index in [1.165, 1.54) is 25.7 Å². The summed E-state index contributed by atoms with van der Waals surface area (Å²) in [4.78, 5) is 15.5. The maximum absolute atomic E-state index is 12.7. The molecule has 0 aromatic rings. The van der Waals surface area contributed by atoms with Gasteiger partial charge in [-0.05, 0) is 124 Å². The van der Waals surface area contributed by atoms with Crippen molar-refractivity contribution in [2.75, 3.05) is 121 Å². The molecule has 0 aromatic heterocycles. The minimum Gasteiger partial charge on any atom is -0.633 e. The second kappa shape index (κ2) is 44.4. The molecule has 0 aromatic carbocycles. The summed E-state index contributed by atoms with van der Waals surface area (Å²) in [6, 6.07) is 2.58. The van der Waals surface area contributed by atoms with Gasteiger partial charge in [0.2, 0.25) is 0 Å². The van der Waals surface area contributed by atoms with E-state index in [1.807, 2.05) is 20.6 Å². The largest absolute Gasteiger partial charge is 0.633 e. The summed E-state index contributed by atoms with van der Waals surface area (Å²) < 4.78 is -1.29.